The quantitative estimate of drug-likeness (QED) is 0.787. The fraction of sp³-hybridized carbons (Fsp3) is 0.583. The van der Waals surface area contributed by atoms with E-state index >= 15 is 0 Å². The monoisotopic (exact) mass is 289 g/mol. The predicted molar refractivity (Wildman–Crippen MR) is 77.9 cm³/mol. The summed E-state index contributed by atoms with van der Waals surface area (Å²) in [4.78, 5) is 18.8. The maximum atomic E-state index is 5.73. The summed E-state index contributed by atoms with van der Waals surface area (Å²) < 4.78 is 1.45. The van der Waals surface area contributed by atoms with Crippen LogP contribution in [0.4, 0.5) is 11.9 Å². The van der Waals surface area contributed by atoms with Crippen molar-refractivity contribution in [2.45, 2.75) is 25.8 Å². The molecule has 1 fully saturated rings. The number of rotatable bonds is 5. The fourth-order valence-electron chi connectivity index (χ4n) is 2.48. The van der Waals surface area contributed by atoms with Gasteiger partial charge < -0.3 is 16.0 Å². The Hall–Kier alpha value is -2.29. The summed E-state index contributed by atoms with van der Waals surface area (Å²) in [5, 5.41) is 7.26. The highest BCUT2D eigenvalue weighted by Gasteiger charge is 2.16. The molecule has 1 aliphatic heterocycles. The molecule has 112 valence electrons. The molecule has 3 N–H and O–H groups in total. The third-order valence-electron chi connectivity index (χ3n) is 3.37. The van der Waals surface area contributed by atoms with E-state index in [0.29, 0.717) is 11.9 Å². The van der Waals surface area contributed by atoms with E-state index in [0.717, 1.165) is 19.6 Å². The number of nitrogens with one attached hydrogen (secondary N) is 1. The van der Waals surface area contributed by atoms with Crippen LogP contribution in [0.5, 0.6) is 0 Å². The van der Waals surface area contributed by atoms with Crippen molar-refractivity contribution < 1.29 is 0 Å². The Morgan fingerprint density at radius 2 is 2.10 bits per heavy atom. The highest BCUT2D eigenvalue weighted by Crippen LogP contribution is 2.11. The van der Waals surface area contributed by atoms with Crippen molar-refractivity contribution in [3.8, 4) is 5.95 Å². The van der Waals surface area contributed by atoms with Crippen LogP contribution in [-0.4, -0.2) is 60.3 Å². The Labute approximate surface area is 122 Å². The molecule has 1 atom stereocenters. The standard InChI is InChI=1S/C12H19N9/c1-9(6-20-4-2-3-5-20)16-11-17-10(13)18-12(19-11)21-8-14-7-15-21/h7-9H,2-6H2,1H3,(H3,13,16,17,18,19). The minimum Gasteiger partial charge on any atom is -0.368 e. The highest BCUT2D eigenvalue weighted by atomic mass is 15.4. The summed E-state index contributed by atoms with van der Waals surface area (Å²) in [5.41, 5.74) is 5.73. The van der Waals surface area contributed by atoms with Gasteiger partial charge in [-0.15, -0.1) is 0 Å². The zero-order chi connectivity index (χ0) is 14.7. The van der Waals surface area contributed by atoms with E-state index in [1.165, 1.54) is 30.2 Å². The SMILES string of the molecule is CC(CN1CCCC1)Nc1nc(N)nc(-n2cncn2)n1. The van der Waals surface area contributed by atoms with Crippen molar-refractivity contribution in [1.82, 2.24) is 34.6 Å². The van der Waals surface area contributed by atoms with E-state index in [4.69, 9.17) is 5.73 Å². The lowest BCUT2D eigenvalue weighted by atomic mass is 10.3. The predicted octanol–water partition coefficient (Wildman–Crippen LogP) is -0.0693. The average Bonchev–Trinajstić information content (AvgIpc) is 3.10. The van der Waals surface area contributed by atoms with Crippen molar-refractivity contribution >= 4 is 11.9 Å². The number of nitrogens with two attached hydrogens (primary N) is 1. The van der Waals surface area contributed by atoms with E-state index in [1.54, 1.807) is 0 Å². The Morgan fingerprint density at radius 1 is 1.29 bits per heavy atom. The maximum absolute atomic E-state index is 5.73. The molecule has 0 aromatic carbocycles. The summed E-state index contributed by atoms with van der Waals surface area (Å²) in [7, 11) is 0. The second-order valence-electron chi connectivity index (χ2n) is 5.21. The van der Waals surface area contributed by atoms with Gasteiger partial charge in [0.25, 0.3) is 5.95 Å². The minimum absolute atomic E-state index is 0.159. The summed E-state index contributed by atoms with van der Waals surface area (Å²) in [5.74, 6) is 0.974. The largest absolute Gasteiger partial charge is 0.368 e. The van der Waals surface area contributed by atoms with Crippen LogP contribution in [0, 0.1) is 0 Å². The molecule has 1 unspecified atom stereocenters. The Bertz CT molecular complexity index is 576. The van der Waals surface area contributed by atoms with E-state index in [1.807, 2.05) is 0 Å². The van der Waals surface area contributed by atoms with Crippen LogP contribution in [-0.2, 0) is 0 Å². The first-order chi connectivity index (χ1) is 10.2. The van der Waals surface area contributed by atoms with Crippen LogP contribution >= 0.6 is 0 Å². The van der Waals surface area contributed by atoms with Crippen molar-refractivity contribution in [2.75, 3.05) is 30.7 Å². The number of hydrogen-bond donors (Lipinski definition) is 2. The zero-order valence-corrected chi connectivity index (χ0v) is 12.0. The van der Waals surface area contributed by atoms with Gasteiger partial charge in [0.2, 0.25) is 11.9 Å². The lowest BCUT2D eigenvalue weighted by Gasteiger charge is -2.21. The summed E-state index contributed by atoms with van der Waals surface area (Å²) in [6.07, 6.45) is 5.50. The summed E-state index contributed by atoms with van der Waals surface area (Å²) in [6, 6.07) is 0.230. The fourth-order valence-corrected chi connectivity index (χ4v) is 2.48. The molecule has 9 heteroatoms. The number of nitrogens with zero attached hydrogens (tertiary/aromatic N) is 7. The molecule has 9 nitrogen and oxygen atoms in total. The van der Waals surface area contributed by atoms with Crippen LogP contribution in [0.15, 0.2) is 12.7 Å². The molecule has 1 saturated heterocycles. The molecule has 1 aliphatic rings. The molecule has 2 aromatic rings. The lowest BCUT2D eigenvalue weighted by molar-refractivity contribution is 0.327. The molecule has 3 heterocycles. The first-order valence-electron chi connectivity index (χ1n) is 7.06. The molecule has 21 heavy (non-hydrogen) atoms. The Balaban J connectivity index is 1.69. The Morgan fingerprint density at radius 3 is 2.81 bits per heavy atom. The zero-order valence-electron chi connectivity index (χ0n) is 12.0. The first kappa shape index (κ1) is 13.7. The van der Waals surface area contributed by atoms with Gasteiger partial charge in [0.1, 0.15) is 12.7 Å². The molecule has 0 spiro atoms. The number of nitrogen functional groups attached to an aromatic ring is 1. The van der Waals surface area contributed by atoms with Crippen molar-refractivity contribution in [2.24, 2.45) is 0 Å². The summed E-state index contributed by atoms with van der Waals surface area (Å²) in [6.45, 7) is 5.39. The van der Waals surface area contributed by atoms with Crippen molar-refractivity contribution in [1.29, 1.82) is 0 Å². The van der Waals surface area contributed by atoms with Gasteiger partial charge in [-0.3, -0.25) is 0 Å². The van der Waals surface area contributed by atoms with Gasteiger partial charge in [0, 0.05) is 12.6 Å². The molecule has 0 saturated carbocycles. The summed E-state index contributed by atoms with van der Waals surface area (Å²) >= 11 is 0. The van der Waals surface area contributed by atoms with Crippen molar-refractivity contribution in [3.05, 3.63) is 12.7 Å². The van der Waals surface area contributed by atoms with E-state index in [2.05, 4.69) is 42.2 Å². The maximum Gasteiger partial charge on any atom is 0.258 e. The first-order valence-corrected chi connectivity index (χ1v) is 7.06. The van der Waals surface area contributed by atoms with Crippen LogP contribution in [0.2, 0.25) is 0 Å². The van der Waals surface area contributed by atoms with Crippen LogP contribution in [0.3, 0.4) is 0 Å². The van der Waals surface area contributed by atoms with Gasteiger partial charge in [-0.25, -0.2) is 4.98 Å². The van der Waals surface area contributed by atoms with Gasteiger partial charge in [-0.2, -0.15) is 24.7 Å². The highest BCUT2D eigenvalue weighted by molar-refractivity contribution is 5.35. The van der Waals surface area contributed by atoms with Gasteiger partial charge in [-0.1, -0.05) is 0 Å². The number of anilines is 2. The topological polar surface area (TPSA) is 111 Å². The third kappa shape index (κ3) is 3.43. The number of aromatic nitrogens is 6. The second kappa shape index (κ2) is 6.00. The van der Waals surface area contributed by atoms with Crippen LogP contribution in [0.25, 0.3) is 5.95 Å². The lowest BCUT2D eigenvalue weighted by Crippen LogP contribution is -2.33. The number of hydrogen-bond acceptors (Lipinski definition) is 8. The van der Waals surface area contributed by atoms with Gasteiger partial charge in [-0.05, 0) is 32.9 Å². The normalized spacial score (nSPS) is 17.0. The molecule has 3 rings (SSSR count). The molecule has 0 aliphatic carbocycles. The molecule has 2 aromatic heterocycles. The van der Waals surface area contributed by atoms with Crippen LogP contribution in [0.1, 0.15) is 19.8 Å². The molecule has 0 amide bonds. The van der Waals surface area contributed by atoms with Crippen molar-refractivity contribution in [3.63, 3.8) is 0 Å². The average molecular weight is 289 g/mol. The van der Waals surface area contributed by atoms with Gasteiger partial charge in [0.15, 0.2) is 0 Å². The van der Waals surface area contributed by atoms with E-state index in [9.17, 15) is 0 Å². The third-order valence-corrected chi connectivity index (χ3v) is 3.37. The van der Waals surface area contributed by atoms with Gasteiger partial charge in [0.05, 0.1) is 0 Å². The molecular weight excluding hydrogens is 270 g/mol. The number of likely N-dealkylation sites (tertiary alicyclic amines) is 1. The van der Waals surface area contributed by atoms with E-state index < -0.39 is 0 Å². The Kier molecular flexibility index (Phi) is 3.91. The molecule has 0 radical (unpaired) electrons. The molecule has 0 bridgehead atoms. The minimum atomic E-state index is 0.159. The van der Waals surface area contributed by atoms with Crippen LogP contribution < -0.4 is 11.1 Å². The second-order valence-corrected chi connectivity index (χ2v) is 5.21. The smallest absolute Gasteiger partial charge is 0.258 e. The van der Waals surface area contributed by atoms with Gasteiger partial charge >= 0.3 is 0 Å². The van der Waals surface area contributed by atoms with E-state index in [-0.39, 0.29) is 12.0 Å². The molecular formula is C12H19N9.